The maximum atomic E-state index is 11.7. The van der Waals surface area contributed by atoms with Crippen molar-refractivity contribution in [2.45, 2.75) is 73.1 Å². The Labute approximate surface area is 228 Å². The molecular weight excluding hydrogens is 472 g/mol. The van der Waals surface area contributed by atoms with E-state index in [9.17, 15) is 4.79 Å². The van der Waals surface area contributed by atoms with Gasteiger partial charge in [0.2, 0.25) is 0 Å². The van der Waals surface area contributed by atoms with E-state index in [4.69, 9.17) is 20.1 Å². The molecule has 0 atom stereocenters. The second-order valence-electron chi connectivity index (χ2n) is 9.29. The summed E-state index contributed by atoms with van der Waals surface area (Å²) in [6, 6.07) is 0. The van der Waals surface area contributed by atoms with Crippen LogP contribution in [0.4, 0.5) is 0 Å². The highest BCUT2D eigenvalue weighted by molar-refractivity contribution is 5.69. The van der Waals surface area contributed by atoms with Crippen LogP contribution < -0.4 is 0 Å². The molecule has 0 aromatic heterocycles. The van der Waals surface area contributed by atoms with Gasteiger partial charge >= 0.3 is 5.97 Å². The van der Waals surface area contributed by atoms with Gasteiger partial charge in [-0.25, -0.2) is 0 Å². The van der Waals surface area contributed by atoms with Gasteiger partial charge in [0.25, 0.3) is 0 Å². The second-order valence-corrected chi connectivity index (χ2v) is 9.29. The Morgan fingerprint density at radius 2 is 0.946 bits per heavy atom. The first-order chi connectivity index (χ1) is 17.9. The minimum atomic E-state index is -0.0887. The number of rotatable bonds is 25. The van der Waals surface area contributed by atoms with E-state index >= 15 is 0 Å². The standard InChI is InChI=1S/C18H38N2O3.C10H24N2O2/c1-4-7-8-9-10-11-18(22)23-17-15-20(14-16-21)13-12-19(5-2)6-3;1-3-11(4-2)5-6-12(7-9-13)8-10-14/h21H,4-17H2,1-3H3;13-14H,3-10H2,1-2H3. The number of nitrogens with zero attached hydrogens (tertiary/aromatic N) is 4. The average molecular weight is 535 g/mol. The van der Waals surface area contributed by atoms with E-state index in [0.29, 0.717) is 39.2 Å². The lowest BCUT2D eigenvalue weighted by atomic mass is 10.1. The van der Waals surface area contributed by atoms with Crippen molar-refractivity contribution in [2.75, 3.05) is 105 Å². The van der Waals surface area contributed by atoms with E-state index in [1.165, 1.54) is 19.3 Å². The average Bonchev–Trinajstić information content (AvgIpc) is 2.90. The molecule has 0 aliphatic carbocycles. The maximum absolute atomic E-state index is 11.7. The molecule has 224 valence electrons. The van der Waals surface area contributed by atoms with E-state index in [0.717, 1.165) is 65.2 Å². The molecule has 37 heavy (non-hydrogen) atoms. The molecular formula is C28H62N4O5. The minimum absolute atomic E-state index is 0.0887. The van der Waals surface area contributed by atoms with Gasteiger partial charge in [0, 0.05) is 58.8 Å². The van der Waals surface area contributed by atoms with Crippen molar-refractivity contribution < 1.29 is 24.9 Å². The molecule has 0 saturated carbocycles. The third kappa shape index (κ3) is 25.2. The van der Waals surface area contributed by atoms with Gasteiger partial charge in [-0.05, 0) is 32.6 Å². The van der Waals surface area contributed by atoms with Crippen LogP contribution in [0.2, 0.25) is 0 Å². The molecule has 0 spiro atoms. The lowest BCUT2D eigenvalue weighted by molar-refractivity contribution is -0.144. The topological polar surface area (TPSA) is 100.0 Å². The van der Waals surface area contributed by atoms with Gasteiger partial charge in [0.05, 0.1) is 19.8 Å². The first-order valence-electron chi connectivity index (χ1n) is 14.8. The summed E-state index contributed by atoms with van der Waals surface area (Å²) in [7, 11) is 0. The summed E-state index contributed by atoms with van der Waals surface area (Å²) in [5.41, 5.74) is 0. The predicted molar refractivity (Wildman–Crippen MR) is 154 cm³/mol. The summed E-state index contributed by atoms with van der Waals surface area (Å²) in [4.78, 5) is 20.6. The minimum Gasteiger partial charge on any atom is -0.464 e. The van der Waals surface area contributed by atoms with Gasteiger partial charge in [-0.1, -0.05) is 60.3 Å². The van der Waals surface area contributed by atoms with E-state index in [2.05, 4.69) is 54.2 Å². The predicted octanol–water partition coefficient (Wildman–Crippen LogP) is 2.14. The van der Waals surface area contributed by atoms with Gasteiger partial charge in [-0.2, -0.15) is 0 Å². The molecule has 0 aliphatic heterocycles. The Morgan fingerprint density at radius 1 is 0.541 bits per heavy atom. The van der Waals surface area contributed by atoms with Crippen molar-refractivity contribution in [3.8, 4) is 0 Å². The van der Waals surface area contributed by atoms with E-state index in [1.807, 2.05) is 0 Å². The molecule has 0 heterocycles. The Bertz CT molecular complexity index is 460. The number of carbonyl (C=O) groups excluding carboxylic acids is 1. The Balaban J connectivity index is 0. The molecule has 0 aromatic carbocycles. The normalized spacial score (nSPS) is 11.5. The molecule has 0 radical (unpaired) electrons. The highest BCUT2D eigenvalue weighted by Gasteiger charge is 2.09. The highest BCUT2D eigenvalue weighted by Crippen LogP contribution is 2.05. The number of hydrogen-bond donors (Lipinski definition) is 3. The fourth-order valence-electron chi connectivity index (χ4n) is 3.97. The van der Waals surface area contributed by atoms with Gasteiger partial charge < -0.3 is 29.9 Å². The van der Waals surface area contributed by atoms with E-state index in [1.54, 1.807) is 0 Å². The monoisotopic (exact) mass is 534 g/mol. The van der Waals surface area contributed by atoms with Crippen molar-refractivity contribution in [2.24, 2.45) is 0 Å². The number of aliphatic hydroxyl groups excluding tert-OH is 3. The lowest BCUT2D eigenvalue weighted by Gasteiger charge is -2.25. The summed E-state index contributed by atoms with van der Waals surface area (Å²) >= 11 is 0. The molecule has 0 rings (SSSR count). The molecule has 0 aromatic rings. The lowest BCUT2D eigenvalue weighted by Crippen LogP contribution is -2.38. The number of esters is 1. The molecule has 9 nitrogen and oxygen atoms in total. The van der Waals surface area contributed by atoms with Crippen molar-refractivity contribution in [1.29, 1.82) is 0 Å². The summed E-state index contributed by atoms with van der Waals surface area (Å²) < 4.78 is 5.31. The molecule has 3 N–H and O–H groups in total. The first-order valence-corrected chi connectivity index (χ1v) is 14.8. The zero-order valence-electron chi connectivity index (χ0n) is 25.0. The molecule has 0 unspecified atom stereocenters. The highest BCUT2D eigenvalue weighted by atomic mass is 16.5. The molecule has 0 bridgehead atoms. The Morgan fingerprint density at radius 3 is 1.35 bits per heavy atom. The smallest absolute Gasteiger partial charge is 0.305 e. The number of ether oxygens (including phenoxy) is 1. The van der Waals surface area contributed by atoms with Gasteiger partial charge in [0.15, 0.2) is 0 Å². The second kappa shape index (κ2) is 29.7. The summed E-state index contributed by atoms with van der Waals surface area (Å²) in [5, 5.41) is 26.8. The van der Waals surface area contributed by atoms with Gasteiger partial charge in [-0.3, -0.25) is 14.6 Å². The van der Waals surface area contributed by atoms with Crippen LogP contribution in [-0.4, -0.2) is 146 Å². The Kier molecular flexibility index (Phi) is 30.8. The molecule has 0 amide bonds. The Hall–Kier alpha value is -0.810. The third-order valence-corrected chi connectivity index (χ3v) is 6.66. The molecule has 0 saturated heterocycles. The zero-order valence-corrected chi connectivity index (χ0v) is 25.0. The maximum Gasteiger partial charge on any atom is 0.305 e. The van der Waals surface area contributed by atoms with Crippen molar-refractivity contribution in [1.82, 2.24) is 19.6 Å². The number of carbonyl (C=O) groups is 1. The van der Waals surface area contributed by atoms with Gasteiger partial charge in [0.1, 0.15) is 6.61 Å². The molecule has 0 fully saturated rings. The number of aliphatic hydroxyl groups is 3. The third-order valence-electron chi connectivity index (χ3n) is 6.66. The zero-order chi connectivity index (χ0) is 28.2. The van der Waals surface area contributed by atoms with Gasteiger partial charge in [-0.15, -0.1) is 0 Å². The first kappa shape index (κ1) is 38.3. The molecule has 0 aliphatic rings. The van der Waals surface area contributed by atoms with Crippen LogP contribution in [0.15, 0.2) is 0 Å². The van der Waals surface area contributed by atoms with E-state index < -0.39 is 0 Å². The number of unbranched alkanes of at least 4 members (excludes halogenated alkanes) is 4. The van der Waals surface area contributed by atoms with Crippen LogP contribution in [0.1, 0.15) is 73.1 Å². The summed E-state index contributed by atoms with van der Waals surface area (Å²) in [6.45, 7) is 22.3. The van der Waals surface area contributed by atoms with Crippen LogP contribution >= 0.6 is 0 Å². The number of hydrogen-bond acceptors (Lipinski definition) is 9. The summed E-state index contributed by atoms with van der Waals surface area (Å²) in [5.74, 6) is -0.0887. The number of likely N-dealkylation sites (N-methyl/N-ethyl adjacent to an activating group) is 2. The van der Waals surface area contributed by atoms with Crippen LogP contribution in [-0.2, 0) is 9.53 Å². The van der Waals surface area contributed by atoms with Crippen molar-refractivity contribution in [3.05, 3.63) is 0 Å². The SMILES string of the molecule is CCCCCCCC(=O)OCCN(CCO)CCN(CC)CC.CCN(CC)CCN(CCO)CCO. The van der Waals surface area contributed by atoms with Crippen LogP contribution in [0.3, 0.4) is 0 Å². The van der Waals surface area contributed by atoms with Crippen molar-refractivity contribution >= 4 is 5.97 Å². The van der Waals surface area contributed by atoms with Crippen molar-refractivity contribution in [3.63, 3.8) is 0 Å². The largest absolute Gasteiger partial charge is 0.464 e. The van der Waals surface area contributed by atoms with Crippen LogP contribution in [0.5, 0.6) is 0 Å². The quantitative estimate of drug-likeness (QED) is 0.120. The van der Waals surface area contributed by atoms with Crippen LogP contribution in [0.25, 0.3) is 0 Å². The van der Waals surface area contributed by atoms with Crippen LogP contribution in [0, 0.1) is 0 Å². The van der Waals surface area contributed by atoms with E-state index in [-0.39, 0.29) is 25.8 Å². The molecule has 9 heteroatoms. The summed E-state index contributed by atoms with van der Waals surface area (Å²) in [6.07, 6.45) is 6.25. The fourth-order valence-corrected chi connectivity index (χ4v) is 3.97. The fraction of sp³-hybridized carbons (Fsp3) is 0.964.